The number of nitrogens with zero attached hydrogens (tertiary/aromatic N) is 1. The fraction of sp³-hybridized carbons (Fsp3) is 0.667. The zero-order chi connectivity index (χ0) is 12.0. The number of hydrogen-bond donors (Lipinski definition) is 2. The van der Waals surface area contributed by atoms with E-state index in [0.29, 0.717) is 6.42 Å². The molecule has 0 aromatic rings. The van der Waals surface area contributed by atoms with Crippen LogP contribution in [0.4, 0.5) is 0 Å². The second kappa shape index (κ2) is 8.55. The van der Waals surface area contributed by atoms with E-state index in [1.807, 2.05) is 0 Å². The number of carbonyl (C=O) groups excluding carboxylic acids is 1. The molecule has 0 bridgehead atoms. The summed E-state index contributed by atoms with van der Waals surface area (Å²) < 4.78 is 0. The van der Waals surface area contributed by atoms with E-state index in [1.54, 1.807) is 13.8 Å². The minimum absolute atomic E-state index is 0. The van der Waals surface area contributed by atoms with Gasteiger partial charge in [0, 0.05) is 13.0 Å². The van der Waals surface area contributed by atoms with Crippen LogP contribution in [0, 0.1) is 0 Å². The van der Waals surface area contributed by atoms with Crippen LogP contribution in [0.5, 0.6) is 0 Å². The Morgan fingerprint density at radius 2 is 1.62 bits per heavy atom. The molecule has 0 saturated heterocycles. The smallest absolute Gasteiger partial charge is 1.00 e. The molecule has 0 saturated carbocycles. The molecule has 0 fully saturated rings. The van der Waals surface area contributed by atoms with Crippen LogP contribution in [-0.4, -0.2) is 45.5 Å². The molecule has 7 heteroatoms. The first-order valence-electron chi connectivity index (χ1n) is 4.70. The van der Waals surface area contributed by atoms with E-state index in [-0.39, 0.29) is 43.9 Å². The van der Waals surface area contributed by atoms with Crippen molar-refractivity contribution in [2.45, 2.75) is 32.7 Å². The number of rotatable bonds is 6. The monoisotopic (exact) mass is 241 g/mol. The fourth-order valence-electron chi connectivity index (χ4n) is 1.23. The van der Waals surface area contributed by atoms with Gasteiger partial charge in [-0.1, -0.05) is 6.92 Å². The molecular formula is C9H16NNaO5. The standard InChI is InChI=1S/C9H15NO5.Na.H/c1-3-5-6(11)10(4-2)7(8(12)13)9(14)15;;/h7H,3-5H2,1-2H3,(H,12,13)(H,14,15);;/q;+1;-1. The summed E-state index contributed by atoms with van der Waals surface area (Å²) in [7, 11) is 0. The van der Waals surface area contributed by atoms with Crippen molar-refractivity contribution < 1.29 is 55.6 Å². The number of carboxylic acid groups (broad SMARTS) is 2. The Bertz CT molecular complexity index is 260. The van der Waals surface area contributed by atoms with Gasteiger partial charge in [0.25, 0.3) is 0 Å². The maximum Gasteiger partial charge on any atom is 1.00 e. The van der Waals surface area contributed by atoms with Crippen molar-refractivity contribution in [3.63, 3.8) is 0 Å². The molecule has 0 atom stereocenters. The Morgan fingerprint density at radius 1 is 1.19 bits per heavy atom. The van der Waals surface area contributed by atoms with Crippen LogP contribution in [-0.2, 0) is 14.4 Å². The van der Waals surface area contributed by atoms with E-state index < -0.39 is 23.9 Å². The van der Waals surface area contributed by atoms with Gasteiger partial charge in [0.15, 0.2) is 0 Å². The summed E-state index contributed by atoms with van der Waals surface area (Å²) in [5, 5.41) is 17.4. The molecule has 0 aromatic carbocycles. The molecule has 0 aliphatic carbocycles. The molecular weight excluding hydrogens is 225 g/mol. The van der Waals surface area contributed by atoms with Crippen LogP contribution in [0.3, 0.4) is 0 Å². The van der Waals surface area contributed by atoms with Gasteiger partial charge in [0.05, 0.1) is 0 Å². The van der Waals surface area contributed by atoms with Gasteiger partial charge in [-0.15, -0.1) is 0 Å². The van der Waals surface area contributed by atoms with Crippen molar-refractivity contribution in [3.05, 3.63) is 0 Å². The fourth-order valence-corrected chi connectivity index (χ4v) is 1.23. The molecule has 1 amide bonds. The third kappa shape index (κ3) is 4.96. The second-order valence-corrected chi connectivity index (χ2v) is 3.01. The van der Waals surface area contributed by atoms with Crippen LogP contribution in [0.25, 0.3) is 0 Å². The first-order valence-corrected chi connectivity index (χ1v) is 4.70. The van der Waals surface area contributed by atoms with Crippen molar-refractivity contribution in [3.8, 4) is 0 Å². The van der Waals surface area contributed by atoms with E-state index in [4.69, 9.17) is 10.2 Å². The predicted octanol–water partition coefficient (Wildman–Crippen LogP) is -2.71. The number of hydrogen-bond acceptors (Lipinski definition) is 3. The zero-order valence-corrected chi connectivity index (χ0v) is 11.8. The van der Waals surface area contributed by atoms with Crippen molar-refractivity contribution >= 4 is 17.8 Å². The Labute approximate surface area is 117 Å². The van der Waals surface area contributed by atoms with E-state index >= 15 is 0 Å². The third-order valence-electron chi connectivity index (χ3n) is 1.90. The summed E-state index contributed by atoms with van der Waals surface area (Å²) in [5.41, 5.74) is 0. The predicted molar refractivity (Wildman–Crippen MR) is 52.5 cm³/mol. The molecule has 0 aromatic heterocycles. The average Bonchev–Trinajstić information content (AvgIpc) is 2.12. The average molecular weight is 241 g/mol. The molecule has 0 unspecified atom stereocenters. The summed E-state index contributed by atoms with van der Waals surface area (Å²) in [4.78, 5) is 33.6. The molecule has 16 heavy (non-hydrogen) atoms. The Hall–Kier alpha value is -0.590. The van der Waals surface area contributed by atoms with Crippen molar-refractivity contribution in [2.24, 2.45) is 0 Å². The van der Waals surface area contributed by atoms with Crippen LogP contribution in [0.1, 0.15) is 28.1 Å². The van der Waals surface area contributed by atoms with Gasteiger partial charge in [-0.25, -0.2) is 9.59 Å². The van der Waals surface area contributed by atoms with Crippen LogP contribution >= 0.6 is 0 Å². The van der Waals surface area contributed by atoms with Gasteiger partial charge in [0.1, 0.15) is 0 Å². The van der Waals surface area contributed by atoms with Gasteiger partial charge >= 0.3 is 41.5 Å². The number of carbonyl (C=O) groups is 3. The van der Waals surface area contributed by atoms with Gasteiger partial charge in [0.2, 0.25) is 11.9 Å². The number of aliphatic carboxylic acids is 2. The normalized spacial score (nSPS) is 9.44. The number of likely N-dealkylation sites (N-methyl/N-ethyl adjacent to an activating group) is 1. The van der Waals surface area contributed by atoms with Gasteiger partial charge < -0.3 is 16.5 Å². The Kier molecular flexibility index (Phi) is 9.51. The topological polar surface area (TPSA) is 94.9 Å². The SMILES string of the molecule is CCCC(=O)N(CC)C(C(=O)O)C(=O)O.[H-].[Na+]. The molecule has 0 aliphatic heterocycles. The van der Waals surface area contributed by atoms with Crippen molar-refractivity contribution in [2.75, 3.05) is 6.54 Å². The zero-order valence-electron chi connectivity index (χ0n) is 10.8. The maximum atomic E-state index is 11.4. The Morgan fingerprint density at radius 3 is 1.88 bits per heavy atom. The molecule has 6 nitrogen and oxygen atoms in total. The molecule has 0 spiro atoms. The van der Waals surface area contributed by atoms with E-state index in [2.05, 4.69) is 0 Å². The summed E-state index contributed by atoms with van der Waals surface area (Å²) in [6, 6.07) is -1.78. The van der Waals surface area contributed by atoms with Gasteiger partial charge in [-0.05, 0) is 13.3 Å². The summed E-state index contributed by atoms with van der Waals surface area (Å²) in [6.07, 6.45) is 0.714. The van der Waals surface area contributed by atoms with Crippen LogP contribution in [0.2, 0.25) is 0 Å². The molecule has 2 N–H and O–H groups in total. The number of carboxylic acids is 2. The molecule has 0 aliphatic rings. The van der Waals surface area contributed by atoms with Crippen molar-refractivity contribution in [1.29, 1.82) is 0 Å². The van der Waals surface area contributed by atoms with Gasteiger partial charge in [-0.2, -0.15) is 0 Å². The minimum Gasteiger partial charge on any atom is -1.00 e. The minimum atomic E-state index is -1.78. The molecule has 0 heterocycles. The number of amides is 1. The van der Waals surface area contributed by atoms with E-state index in [1.165, 1.54) is 0 Å². The van der Waals surface area contributed by atoms with Crippen molar-refractivity contribution in [1.82, 2.24) is 4.90 Å². The largest absolute Gasteiger partial charge is 1.00 e. The summed E-state index contributed by atoms with van der Waals surface area (Å²) in [5.74, 6) is -3.49. The maximum absolute atomic E-state index is 11.4. The third-order valence-corrected chi connectivity index (χ3v) is 1.90. The molecule has 88 valence electrons. The molecule has 0 radical (unpaired) electrons. The van der Waals surface area contributed by atoms with E-state index in [9.17, 15) is 14.4 Å². The van der Waals surface area contributed by atoms with Crippen LogP contribution in [0.15, 0.2) is 0 Å². The van der Waals surface area contributed by atoms with Crippen LogP contribution < -0.4 is 29.6 Å². The second-order valence-electron chi connectivity index (χ2n) is 3.01. The quantitative estimate of drug-likeness (QED) is 0.389. The first-order chi connectivity index (χ1) is 6.95. The summed E-state index contributed by atoms with van der Waals surface area (Å²) in [6.45, 7) is 3.39. The van der Waals surface area contributed by atoms with E-state index in [0.717, 1.165) is 4.90 Å². The summed E-state index contributed by atoms with van der Waals surface area (Å²) >= 11 is 0. The Balaban J connectivity index is -0.000000980. The molecule has 0 rings (SSSR count). The first kappa shape index (κ1) is 17.8. The van der Waals surface area contributed by atoms with Gasteiger partial charge in [-0.3, -0.25) is 4.79 Å².